The van der Waals surface area contributed by atoms with E-state index >= 15 is 0 Å². The van der Waals surface area contributed by atoms with Crippen molar-refractivity contribution in [1.29, 1.82) is 0 Å². The van der Waals surface area contributed by atoms with Crippen LogP contribution in [-0.2, 0) is 5.41 Å². The predicted octanol–water partition coefficient (Wildman–Crippen LogP) is 16.9. The largest absolute Gasteiger partial charge is 0.456 e. The molecule has 0 bridgehead atoms. The van der Waals surface area contributed by atoms with Crippen LogP contribution < -0.4 is 4.90 Å². The van der Waals surface area contributed by atoms with Crippen LogP contribution in [0.1, 0.15) is 25.0 Å². The third-order valence-electron chi connectivity index (χ3n) is 13.8. The van der Waals surface area contributed by atoms with E-state index < -0.39 is 0 Å². The number of hydrogen-bond acceptors (Lipinski definition) is 2. The van der Waals surface area contributed by atoms with Crippen LogP contribution in [-0.4, -0.2) is 4.57 Å². The number of rotatable bonds is 6. The number of para-hydroxylation sites is 2. The molecular formula is C61H42N2O. The van der Waals surface area contributed by atoms with Crippen molar-refractivity contribution >= 4 is 71.6 Å². The van der Waals surface area contributed by atoms with E-state index in [0.29, 0.717) is 0 Å². The van der Waals surface area contributed by atoms with Gasteiger partial charge in [-0.15, -0.1) is 0 Å². The minimum Gasteiger partial charge on any atom is -0.456 e. The fourth-order valence-corrected chi connectivity index (χ4v) is 10.6. The van der Waals surface area contributed by atoms with Crippen LogP contribution in [0.2, 0.25) is 0 Å². The van der Waals surface area contributed by atoms with Crippen LogP contribution >= 0.6 is 0 Å². The van der Waals surface area contributed by atoms with Gasteiger partial charge in [0.15, 0.2) is 0 Å². The van der Waals surface area contributed by atoms with Gasteiger partial charge in [-0.3, -0.25) is 0 Å². The van der Waals surface area contributed by atoms with Gasteiger partial charge >= 0.3 is 0 Å². The molecule has 13 rings (SSSR count). The van der Waals surface area contributed by atoms with Gasteiger partial charge in [0.25, 0.3) is 0 Å². The third kappa shape index (κ3) is 5.54. The SMILES string of the molecule is CC1(C)c2ccccc2-c2ccc(N(c3cccc(-c4ccc(-c5ccc6c(c5)c5ccccc5n6-c5ccc6c(c5)oc5ccccc56)cc4)c3)c3cccc4ccccc34)cc21. The molecule has 0 fully saturated rings. The summed E-state index contributed by atoms with van der Waals surface area (Å²) in [4.78, 5) is 2.44. The number of anilines is 3. The standard InChI is InChI=1S/C61H42N2O/c1-61(2)54-21-8-5-18-48(54)49-32-30-45(37-55(49)61)62(56-23-12-14-41-13-3-4-17-47(41)56)44-16-11-15-42(35-44)39-25-27-40(28-26-39)43-29-34-58-53(36-43)50-19-6-9-22-57(50)63(58)46-31-33-52-51-20-7-10-24-59(51)64-60(52)38-46/h3-38H,1-2H3. The number of aromatic nitrogens is 1. The molecule has 0 amide bonds. The van der Waals surface area contributed by atoms with Crippen molar-refractivity contribution < 1.29 is 4.42 Å². The number of hydrogen-bond donors (Lipinski definition) is 0. The van der Waals surface area contributed by atoms with E-state index in [1.165, 1.54) is 77.1 Å². The zero-order valence-electron chi connectivity index (χ0n) is 35.6. The van der Waals surface area contributed by atoms with E-state index in [1.54, 1.807) is 0 Å². The van der Waals surface area contributed by atoms with Gasteiger partial charge in [0, 0.05) is 55.5 Å². The molecule has 2 aromatic heterocycles. The van der Waals surface area contributed by atoms with Crippen molar-refractivity contribution in [2.24, 2.45) is 0 Å². The second kappa shape index (κ2) is 13.9. The van der Waals surface area contributed by atoms with E-state index in [1.807, 2.05) is 12.1 Å². The Morgan fingerprint density at radius 1 is 0.391 bits per heavy atom. The van der Waals surface area contributed by atoms with E-state index in [2.05, 4.69) is 230 Å². The Labute approximate surface area is 371 Å². The van der Waals surface area contributed by atoms with E-state index in [0.717, 1.165) is 44.7 Å². The molecule has 0 atom stereocenters. The Morgan fingerprint density at radius 2 is 1.03 bits per heavy atom. The molecule has 3 heteroatoms. The lowest BCUT2D eigenvalue weighted by atomic mass is 9.82. The Balaban J connectivity index is 0.878. The first-order valence-electron chi connectivity index (χ1n) is 22.2. The van der Waals surface area contributed by atoms with Crippen LogP contribution in [0.15, 0.2) is 223 Å². The van der Waals surface area contributed by atoms with Gasteiger partial charge < -0.3 is 13.9 Å². The van der Waals surface area contributed by atoms with Gasteiger partial charge in [-0.05, 0) is 117 Å². The van der Waals surface area contributed by atoms with Crippen molar-refractivity contribution in [1.82, 2.24) is 4.57 Å². The van der Waals surface area contributed by atoms with Gasteiger partial charge in [0.2, 0.25) is 0 Å². The lowest BCUT2D eigenvalue weighted by Gasteiger charge is -2.29. The molecule has 2 heterocycles. The number of benzene rings is 10. The number of fused-ring (bicyclic) bond motifs is 10. The molecule has 0 aliphatic heterocycles. The smallest absolute Gasteiger partial charge is 0.137 e. The second-order valence-electron chi connectivity index (χ2n) is 17.7. The Morgan fingerprint density at radius 3 is 1.91 bits per heavy atom. The first-order valence-corrected chi connectivity index (χ1v) is 22.2. The summed E-state index contributed by atoms with van der Waals surface area (Å²) in [7, 11) is 0. The van der Waals surface area contributed by atoms with E-state index in [9.17, 15) is 0 Å². The number of nitrogens with zero attached hydrogens (tertiary/aromatic N) is 2. The van der Waals surface area contributed by atoms with Crippen LogP contribution in [0.25, 0.3) is 93.6 Å². The fraction of sp³-hybridized carbons (Fsp3) is 0.0492. The summed E-state index contributed by atoms with van der Waals surface area (Å²) < 4.78 is 8.69. The Bertz CT molecular complexity index is 3820. The zero-order valence-corrected chi connectivity index (χ0v) is 35.6. The highest BCUT2D eigenvalue weighted by molar-refractivity contribution is 6.11. The maximum Gasteiger partial charge on any atom is 0.137 e. The molecule has 12 aromatic rings. The summed E-state index contributed by atoms with van der Waals surface area (Å²) in [5.41, 5.74) is 18.7. The van der Waals surface area contributed by atoms with Crippen molar-refractivity contribution in [3.8, 4) is 39.1 Å². The molecule has 1 aliphatic rings. The van der Waals surface area contributed by atoms with Crippen LogP contribution in [0.5, 0.6) is 0 Å². The molecule has 0 spiro atoms. The van der Waals surface area contributed by atoms with Crippen molar-refractivity contribution in [2.75, 3.05) is 4.90 Å². The maximum atomic E-state index is 6.32. The fourth-order valence-electron chi connectivity index (χ4n) is 10.6. The first-order chi connectivity index (χ1) is 31.5. The highest BCUT2D eigenvalue weighted by Gasteiger charge is 2.36. The first kappa shape index (κ1) is 36.5. The van der Waals surface area contributed by atoms with Gasteiger partial charge in [0.05, 0.1) is 16.7 Å². The topological polar surface area (TPSA) is 21.3 Å². The van der Waals surface area contributed by atoms with Crippen molar-refractivity contribution in [2.45, 2.75) is 19.3 Å². The lowest BCUT2D eigenvalue weighted by Crippen LogP contribution is -2.16. The van der Waals surface area contributed by atoms with E-state index in [4.69, 9.17) is 4.42 Å². The monoisotopic (exact) mass is 818 g/mol. The van der Waals surface area contributed by atoms with Crippen molar-refractivity contribution in [3.05, 3.63) is 230 Å². The summed E-state index contributed by atoms with van der Waals surface area (Å²) in [5, 5.41) is 7.16. The summed E-state index contributed by atoms with van der Waals surface area (Å²) in [5.74, 6) is 0. The van der Waals surface area contributed by atoms with Gasteiger partial charge in [-0.25, -0.2) is 0 Å². The quantitative estimate of drug-likeness (QED) is 0.167. The summed E-state index contributed by atoms with van der Waals surface area (Å²) in [6, 6.07) is 79.8. The van der Waals surface area contributed by atoms with Gasteiger partial charge in [0.1, 0.15) is 11.2 Å². The summed E-state index contributed by atoms with van der Waals surface area (Å²) in [6.07, 6.45) is 0. The molecule has 64 heavy (non-hydrogen) atoms. The average Bonchev–Trinajstić information content (AvgIpc) is 3.96. The molecule has 10 aromatic carbocycles. The Hall–Kier alpha value is -8.14. The molecule has 0 saturated carbocycles. The second-order valence-corrected chi connectivity index (χ2v) is 17.7. The summed E-state index contributed by atoms with van der Waals surface area (Å²) in [6.45, 7) is 4.71. The van der Waals surface area contributed by atoms with Crippen LogP contribution in [0.3, 0.4) is 0 Å². The normalized spacial score (nSPS) is 13.0. The third-order valence-corrected chi connectivity index (χ3v) is 13.8. The average molecular weight is 819 g/mol. The molecule has 0 saturated heterocycles. The maximum absolute atomic E-state index is 6.32. The molecule has 302 valence electrons. The highest BCUT2D eigenvalue weighted by atomic mass is 16.3. The lowest BCUT2D eigenvalue weighted by molar-refractivity contribution is 0.660. The molecule has 0 unspecified atom stereocenters. The van der Waals surface area contributed by atoms with Gasteiger partial charge in [-0.1, -0.05) is 159 Å². The summed E-state index contributed by atoms with van der Waals surface area (Å²) >= 11 is 0. The van der Waals surface area contributed by atoms with E-state index in [-0.39, 0.29) is 5.41 Å². The predicted molar refractivity (Wildman–Crippen MR) is 269 cm³/mol. The zero-order chi connectivity index (χ0) is 42.5. The van der Waals surface area contributed by atoms with Gasteiger partial charge in [-0.2, -0.15) is 0 Å². The highest BCUT2D eigenvalue weighted by Crippen LogP contribution is 2.51. The molecule has 0 radical (unpaired) electrons. The molecule has 3 nitrogen and oxygen atoms in total. The minimum atomic E-state index is -0.108. The van der Waals surface area contributed by atoms with Crippen molar-refractivity contribution in [3.63, 3.8) is 0 Å². The minimum absolute atomic E-state index is 0.108. The Kier molecular flexibility index (Phi) is 7.95. The molecular weight excluding hydrogens is 777 g/mol. The van der Waals surface area contributed by atoms with Crippen LogP contribution in [0, 0.1) is 0 Å². The number of furan rings is 1. The van der Waals surface area contributed by atoms with Crippen LogP contribution in [0.4, 0.5) is 17.1 Å². The molecule has 1 aliphatic carbocycles. The molecule has 0 N–H and O–H groups in total.